The van der Waals surface area contributed by atoms with Gasteiger partial charge in [0.05, 0.1) is 6.04 Å². The molecule has 1 atom stereocenters. The highest BCUT2D eigenvalue weighted by atomic mass is 79.9. The summed E-state index contributed by atoms with van der Waals surface area (Å²) in [6.45, 7) is 0.947. The van der Waals surface area contributed by atoms with Crippen LogP contribution in [-0.2, 0) is 6.42 Å². The molecule has 0 saturated heterocycles. The van der Waals surface area contributed by atoms with Gasteiger partial charge in [0.15, 0.2) is 5.78 Å². The van der Waals surface area contributed by atoms with E-state index in [9.17, 15) is 4.79 Å². The maximum absolute atomic E-state index is 12.9. The van der Waals surface area contributed by atoms with E-state index in [0.29, 0.717) is 6.42 Å². The predicted molar refractivity (Wildman–Crippen MR) is 110 cm³/mol. The molecule has 3 aromatic rings. The van der Waals surface area contributed by atoms with Gasteiger partial charge >= 0.3 is 0 Å². The van der Waals surface area contributed by atoms with Gasteiger partial charge in [-0.1, -0.05) is 76.6 Å². The minimum Gasteiger partial charge on any atom is -0.363 e. The molecule has 3 aromatic carbocycles. The third-order valence-electron chi connectivity index (χ3n) is 5.03. The fourth-order valence-electron chi connectivity index (χ4n) is 3.70. The molecule has 0 bridgehead atoms. The maximum Gasteiger partial charge on any atom is 0.165 e. The molecule has 0 spiro atoms. The summed E-state index contributed by atoms with van der Waals surface area (Å²) >= 11 is 3.51. The summed E-state index contributed by atoms with van der Waals surface area (Å²) in [4.78, 5) is 15.3. The number of hydrogen-bond donors (Lipinski definition) is 0. The van der Waals surface area contributed by atoms with Gasteiger partial charge in [-0.25, -0.2) is 0 Å². The number of nitrogens with zero attached hydrogens (tertiary/aromatic N) is 1. The quantitative estimate of drug-likeness (QED) is 0.497. The molecule has 0 aliphatic carbocycles. The van der Waals surface area contributed by atoms with Crippen LogP contribution in [0.15, 0.2) is 83.3 Å². The highest BCUT2D eigenvalue weighted by Gasteiger charge is 2.29. The Kier molecular flexibility index (Phi) is 4.89. The average Bonchev–Trinajstić information content (AvgIpc) is 3.11. The topological polar surface area (TPSA) is 20.3 Å². The second-order valence-electron chi connectivity index (χ2n) is 6.63. The number of para-hydroxylation sites is 1. The van der Waals surface area contributed by atoms with Crippen molar-refractivity contribution >= 4 is 27.4 Å². The van der Waals surface area contributed by atoms with Crippen molar-refractivity contribution < 1.29 is 4.79 Å². The van der Waals surface area contributed by atoms with E-state index < -0.39 is 0 Å². The van der Waals surface area contributed by atoms with Crippen LogP contribution in [0.3, 0.4) is 0 Å². The largest absolute Gasteiger partial charge is 0.363 e. The van der Waals surface area contributed by atoms with Gasteiger partial charge in [-0.05, 0) is 35.7 Å². The van der Waals surface area contributed by atoms with Crippen molar-refractivity contribution in [2.75, 3.05) is 11.4 Å². The van der Waals surface area contributed by atoms with Gasteiger partial charge in [-0.2, -0.15) is 0 Å². The zero-order valence-corrected chi connectivity index (χ0v) is 16.0. The summed E-state index contributed by atoms with van der Waals surface area (Å²) in [5, 5.41) is 0. The molecule has 26 heavy (non-hydrogen) atoms. The van der Waals surface area contributed by atoms with Crippen molar-refractivity contribution in [1.29, 1.82) is 0 Å². The molecule has 0 fully saturated rings. The van der Waals surface area contributed by atoms with E-state index in [1.807, 2.05) is 30.3 Å². The van der Waals surface area contributed by atoms with Crippen LogP contribution < -0.4 is 4.90 Å². The van der Waals surface area contributed by atoms with Gasteiger partial charge in [-0.15, -0.1) is 0 Å². The molecular weight excluding hydrogens is 386 g/mol. The van der Waals surface area contributed by atoms with Crippen LogP contribution in [0.5, 0.6) is 0 Å². The Morgan fingerprint density at radius 1 is 0.923 bits per heavy atom. The number of carbonyl (C=O) groups excluding carboxylic acids is 1. The maximum atomic E-state index is 12.9. The van der Waals surface area contributed by atoms with E-state index in [1.54, 1.807) is 0 Å². The molecule has 3 heteroatoms. The van der Waals surface area contributed by atoms with Crippen LogP contribution in [0.2, 0.25) is 0 Å². The number of benzene rings is 3. The highest BCUT2D eigenvalue weighted by molar-refractivity contribution is 9.10. The zero-order valence-electron chi connectivity index (χ0n) is 14.4. The summed E-state index contributed by atoms with van der Waals surface area (Å²) in [7, 11) is 0. The van der Waals surface area contributed by atoms with Crippen molar-refractivity contribution in [3.63, 3.8) is 0 Å². The number of fused-ring (bicyclic) bond motifs is 1. The van der Waals surface area contributed by atoms with Crippen molar-refractivity contribution in [3.8, 4) is 0 Å². The van der Waals surface area contributed by atoms with E-state index >= 15 is 0 Å². The SMILES string of the molecule is O=C(C[C@H](c1ccc(Br)cc1)N1CCc2ccccc21)c1ccccc1. The fraction of sp³-hybridized carbons (Fsp3) is 0.174. The number of rotatable bonds is 5. The summed E-state index contributed by atoms with van der Waals surface area (Å²) in [6, 6.07) is 26.5. The number of anilines is 1. The normalized spacial score (nSPS) is 14.1. The van der Waals surface area contributed by atoms with Crippen molar-refractivity contribution in [3.05, 3.63) is 100 Å². The van der Waals surface area contributed by atoms with Crippen LogP contribution in [0.1, 0.15) is 33.9 Å². The number of hydrogen-bond acceptors (Lipinski definition) is 2. The molecule has 0 saturated carbocycles. The summed E-state index contributed by atoms with van der Waals surface area (Å²) in [5.74, 6) is 0.183. The molecule has 0 aromatic heterocycles. The molecule has 1 heterocycles. The van der Waals surface area contributed by atoms with Gasteiger partial charge in [0, 0.05) is 28.7 Å². The summed E-state index contributed by atoms with van der Waals surface area (Å²) < 4.78 is 1.05. The van der Waals surface area contributed by atoms with Gasteiger partial charge in [0.2, 0.25) is 0 Å². The smallest absolute Gasteiger partial charge is 0.165 e. The fourth-order valence-corrected chi connectivity index (χ4v) is 3.96. The lowest BCUT2D eigenvalue weighted by Crippen LogP contribution is -2.28. The molecule has 0 amide bonds. The number of Topliss-reactive ketones (excluding diaryl/α,β-unsaturated/α-hetero) is 1. The van der Waals surface area contributed by atoms with Crippen LogP contribution in [-0.4, -0.2) is 12.3 Å². The number of halogens is 1. The second kappa shape index (κ2) is 7.46. The van der Waals surface area contributed by atoms with E-state index in [2.05, 4.69) is 69.4 Å². The van der Waals surface area contributed by atoms with E-state index in [0.717, 1.165) is 23.0 Å². The Bertz CT molecular complexity index is 905. The highest BCUT2D eigenvalue weighted by Crippen LogP contribution is 2.37. The number of carbonyl (C=O) groups is 1. The minimum atomic E-state index is 0.0412. The minimum absolute atomic E-state index is 0.0412. The van der Waals surface area contributed by atoms with E-state index in [1.165, 1.54) is 16.8 Å². The van der Waals surface area contributed by atoms with Gasteiger partial charge in [0.1, 0.15) is 0 Å². The lowest BCUT2D eigenvalue weighted by molar-refractivity contribution is 0.0973. The molecule has 0 unspecified atom stereocenters. The second-order valence-corrected chi connectivity index (χ2v) is 7.55. The van der Waals surface area contributed by atoms with Gasteiger partial charge in [-0.3, -0.25) is 4.79 Å². The third-order valence-corrected chi connectivity index (χ3v) is 5.56. The predicted octanol–water partition coefficient (Wildman–Crippen LogP) is 5.83. The molecule has 2 nitrogen and oxygen atoms in total. The zero-order chi connectivity index (χ0) is 17.9. The molecule has 0 radical (unpaired) electrons. The standard InChI is InChI=1S/C23H20BrNO/c24-20-12-10-18(11-13-20)22(16-23(26)19-7-2-1-3-8-19)25-15-14-17-6-4-5-9-21(17)25/h1-13,22H,14-16H2/t22-/m1/s1. The molecule has 4 rings (SSSR count). The van der Waals surface area contributed by atoms with E-state index in [-0.39, 0.29) is 11.8 Å². The Morgan fingerprint density at radius 3 is 2.38 bits per heavy atom. The summed E-state index contributed by atoms with van der Waals surface area (Å²) in [6.07, 6.45) is 1.50. The molecular formula is C23H20BrNO. The molecule has 130 valence electrons. The first-order chi connectivity index (χ1) is 12.7. The average molecular weight is 406 g/mol. The lowest BCUT2D eigenvalue weighted by atomic mass is 9.96. The Labute approximate surface area is 162 Å². The molecule has 1 aliphatic heterocycles. The van der Waals surface area contributed by atoms with Gasteiger partial charge < -0.3 is 4.90 Å². The van der Waals surface area contributed by atoms with Crippen LogP contribution >= 0.6 is 15.9 Å². The van der Waals surface area contributed by atoms with Crippen molar-refractivity contribution in [1.82, 2.24) is 0 Å². The lowest BCUT2D eigenvalue weighted by Gasteiger charge is -2.30. The summed E-state index contributed by atoms with van der Waals surface area (Å²) in [5.41, 5.74) is 4.57. The number of ketones is 1. The van der Waals surface area contributed by atoms with Crippen LogP contribution in [0.4, 0.5) is 5.69 Å². The Balaban J connectivity index is 1.69. The third kappa shape index (κ3) is 3.45. The Morgan fingerprint density at radius 2 is 1.62 bits per heavy atom. The first-order valence-corrected chi connectivity index (χ1v) is 9.70. The van der Waals surface area contributed by atoms with Crippen LogP contribution in [0.25, 0.3) is 0 Å². The van der Waals surface area contributed by atoms with Gasteiger partial charge in [0.25, 0.3) is 0 Å². The van der Waals surface area contributed by atoms with Crippen LogP contribution in [0, 0.1) is 0 Å². The Hall–Kier alpha value is -2.39. The first-order valence-electron chi connectivity index (χ1n) is 8.90. The van der Waals surface area contributed by atoms with E-state index in [4.69, 9.17) is 0 Å². The first kappa shape index (κ1) is 17.0. The monoisotopic (exact) mass is 405 g/mol. The molecule has 1 aliphatic rings. The van der Waals surface area contributed by atoms with Crippen molar-refractivity contribution in [2.45, 2.75) is 18.9 Å². The molecule has 0 N–H and O–H groups in total. The van der Waals surface area contributed by atoms with Crippen molar-refractivity contribution in [2.24, 2.45) is 0 Å².